The zero-order valence-corrected chi connectivity index (χ0v) is 14.5. The Morgan fingerprint density at radius 2 is 1.78 bits per heavy atom. The zero-order valence-electron chi connectivity index (χ0n) is 14.5. The Kier molecular flexibility index (Phi) is 4.09. The number of hydrogen-bond acceptors (Lipinski definition) is 2. The Hall–Kier alpha value is -1.96. The molecule has 2 aromatic carbocycles. The largest absolute Gasteiger partial charge is 0.488 e. The highest BCUT2D eigenvalue weighted by Gasteiger charge is 2.31. The maximum Gasteiger partial charge on any atom is 0.127 e. The highest BCUT2D eigenvalue weighted by Crippen LogP contribution is 2.43. The van der Waals surface area contributed by atoms with Gasteiger partial charge < -0.3 is 9.47 Å². The van der Waals surface area contributed by atoms with Crippen LogP contribution in [0.4, 0.5) is 0 Å². The van der Waals surface area contributed by atoms with E-state index in [-0.39, 0.29) is 5.60 Å². The van der Waals surface area contributed by atoms with Gasteiger partial charge in [-0.2, -0.15) is 0 Å². The Bertz CT molecular complexity index is 715. The molecule has 0 aliphatic carbocycles. The molecule has 1 radical (unpaired) electrons. The van der Waals surface area contributed by atoms with Gasteiger partial charge in [-0.25, -0.2) is 0 Å². The number of benzene rings is 2. The van der Waals surface area contributed by atoms with Gasteiger partial charge in [0, 0.05) is 5.56 Å². The van der Waals surface area contributed by atoms with Gasteiger partial charge in [0.15, 0.2) is 0 Å². The molecule has 23 heavy (non-hydrogen) atoms. The van der Waals surface area contributed by atoms with Crippen LogP contribution in [0.1, 0.15) is 41.2 Å². The van der Waals surface area contributed by atoms with E-state index < -0.39 is 0 Å². The van der Waals surface area contributed by atoms with Crippen molar-refractivity contribution in [2.45, 2.75) is 52.7 Å². The van der Waals surface area contributed by atoms with Crippen molar-refractivity contribution in [3.05, 3.63) is 65.1 Å². The Morgan fingerprint density at radius 3 is 2.48 bits per heavy atom. The molecule has 0 N–H and O–H groups in total. The molecule has 1 atom stereocenters. The van der Waals surface area contributed by atoms with E-state index in [1.807, 2.05) is 18.2 Å². The molecule has 2 nitrogen and oxygen atoms in total. The molecule has 1 heterocycles. The molecule has 0 aromatic heterocycles. The van der Waals surface area contributed by atoms with Crippen molar-refractivity contribution >= 4 is 0 Å². The maximum absolute atomic E-state index is 6.18. The predicted molar refractivity (Wildman–Crippen MR) is 94.1 cm³/mol. The van der Waals surface area contributed by atoms with Crippen LogP contribution in [0.15, 0.2) is 30.3 Å². The SMILES string of the molecule is [CH2][C@]1(C)CCc2c(C)c(OCc3ccccc3)c(C)c(C)c2O1. The molecule has 2 heteroatoms. The van der Waals surface area contributed by atoms with E-state index >= 15 is 0 Å². The van der Waals surface area contributed by atoms with Gasteiger partial charge in [0.05, 0.1) is 0 Å². The molecule has 0 bridgehead atoms. The molecule has 3 rings (SSSR count). The van der Waals surface area contributed by atoms with Crippen LogP contribution in [0, 0.1) is 27.7 Å². The van der Waals surface area contributed by atoms with E-state index in [1.54, 1.807) is 0 Å². The lowest BCUT2D eigenvalue weighted by Crippen LogP contribution is -2.34. The quantitative estimate of drug-likeness (QED) is 0.784. The zero-order chi connectivity index (χ0) is 16.6. The number of rotatable bonds is 3. The van der Waals surface area contributed by atoms with Crippen LogP contribution in [0.2, 0.25) is 0 Å². The van der Waals surface area contributed by atoms with Crippen LogP contribution in [0.5, 0.6) is 11.5 Å². The summed E-state index contributed by atoms with van der Waals surface area (Å²) in [6.45, 7) is 13.2. The van der Waals surface area contributed by atoms with E-state index in [2.05, 4.69) is 46.8 Å². The summed E-state index contributed by atoms with van der Waals surface area (Å²) in [6, 6.07) is 10.3. The molecular weight excluding hydrogens is 284 g/mol. The Balaban J connectivity index is 1.95. The molecule has 0 saturated carbocycles. The van der Waals surface area contributed by atoms with Crippen LogP contribution in [-0.2, 0) is 13.0 Å². The fourth-order valence-electron chi connectivity index (χ4n) is 3.23. The molecule has 1 aliphatic rings. The first-order valence-electron chi connectivity index (χ1n) is 8.23. The maximum atomic E-state index is 6.18. The van der Waals surface area contributed by atoms with Crippen LogP contribution in [0.3, 0.4) is 0 Å². The van der Waals surface area contributed by atoms with E-state index in [1.165, 1.54) is 22.3 Å². The standard InChI is InChI=1S/C21H25O2/c1-14-15(2)20-18(11-12-21(4,5)23-20)16(3)19(14)22-13-17-9-7-6-8-10-17/h6-10H,4,11-13H2,1-3,5H3/t21-/m0/s1. The highest BCUT2D eigenvalue weighted by atomic mass is 16.5. The summed E-state index contributed by atoms with van der Waals surface area (Å²) in [5.74, 6) is 2.01. The van der Waals surface area contributed by atoms with Gasteiger partial charge in [0.1, 0.15) is 23.7 Å². The predicted octanol–water partition coefficient (Wildman–Crippen LogP) is 5.11. The number of fused-ring (bicyclic) bond motifs is 1. The van der Waals surface area contributed by atoms with Gasteiger partial charge >= 0.3 is 0 Å². The minimum absolute atomic E-state index is 0.330. The minimum Gasteiger partial charge on any atom is -0.488 e. The summed E-state index contributed by atoms with van der Waals surface area (Å²) in [6.07, 6.45) is 1.92. The molecule has 0 saturated heterocycles. The van der Waals surface area contributed by atoms with Crippen LogP contribution < -0.4 is 9.47 Å². The Labute approximate surface area is 139 Å². The van der Waals surface area contributed by atoms with Gasteiger partial charge in [-0.1, -0.05) is 30.3 Å². The fourth-order valence-corrected chi connectivity index (χ4v) is 3.23. The molecule has 1 aliphatic heterocycles. The average molecular weight is 309 g/mol. The van der Waals surface area contributed by atoms with Crippen LogP contribution in [0.25, 0.3) is 0 Å². The van der Waals surface area contributed by atoms with Crippen LogP contribution >= 0.6 is 0 Å². The summed E-state index contributed by atoms with van der Waals surface area (Å²) in [7, 11) is 0. The van der Waals surface area contributed by atoms with E-state index in [4.69, 9.17) is 9.47 Å². The molecule has 0 unspecified atom stereocenters. The minimum atomic E-state index is -0.330. The monoisotopic (exact) mass is 309 g/mol. The molecule has 0 amide bonds. The van der Waals surface area contributed by atoms with Crippen molar-refractivity contribution in [3.63, 3.8) is 0 Å². The fraction of sp³-hybridized carbons (Fsp3) is 0.381. The average Bonchev–Trinajstić information content (AvgIpc) is 2.53. The lowest BCUT2D eigenvalue weighted by atomic mass is 9.88. The van der Waals surface area contributed by atoms with Gasteiger partial charge in [0.25, 0.3) is 0 Å². The first kappa shape index (κ1) is 15.9. The number of ether oxygens (including phenoxy) is 2. The molecule has 121 valence electrons. The summed E-state index contributed by atoms with van der Waals surface area (Å²) in [4.78, 5) is 0. The van der Waals surface area contributed by atoms with E-state index in [0.717, 1.165) is 29.9 Å². The third-order valence-corrected chi connectivity index (χ3v) is 4.79. The lowest BCUT2D eigenvalue weighted by molar-refractivity contribution is 0.109. The van der Waals surface area contributed by atoms with E-state index in [0.29, 0.717) is 6.61 Å². The number of hydrogen-bond donors (Lipinski definition) is 0. The smallest absolute Gasteiger partial charge is 0.127 e. The van der Waals surface area contributed by atoms with Gasteiger partial charge in [-0.3, -0.25) is 0 Å². The third-order valence-electron chi connectivity index (χ3n) is 4.79. The van der Waals surface area contributed by atoms with Crippen LogP contribution in [-0.4, -0.2) is 5.60 Å². The first-order valence-corrected chi connectivity index (χ1v) is 8.23. The normalized spacial score (nSPS) is 15.7. The molecule has 0 spiro atoms. The van der Waals surface area contributed by atoms with Crippen molar-refractivity contribution in [2.24, 2.45) is 0 Å². The van der Waals surface area contributed by atoms with E-state index in [9.17, 15) is 0 Å². The summed E-state index contributed by atoms with van der Waals surface area (Å²) >= 11 is 0. The van der Waals surface area contributed by atoms with Gasteiger partial charge in [0.2, 0.25) is 0 Å². The van der Waals surface area contributed by atoms with Crippen molar-refractivity contribution in [2.75, 3.05) is 0 Å². The summed E-state index contributed by atoms with van der Waals surface area (Å²) in [5, 5.41) is 0. The van der Waals surface area contributed by atoms with Crippen molar-refractivity contribution in [1.82, 2.24) is 0 Å². The van der Waals surface area contributed by atoms with Crippen molar-refractivity contribution < 1.29 is 9.47 Å². The summed E-state index contributed by atoms with van der Waals surface area (Å²) in [5.41, 5.74) is 5.66. The van der Waals surface area contributed by atoms with Crippen molar-refractivity contribution in [1.29, 1.82) is 0 Å². The molecule has 0 fully saturated rings. The Morgan fingerprint density at radius 1 is 1.09 bits per heavy atom. The second-order valence-electron chi connectivity index (χ2n) is 6.84. The highest BCUT2D eigenvalue weighted by molar-refractivity contribution is 5.59. The van der Waals surface area contributed by atoms with Gasteiger partial charge in [-0.05, 0) is 69.7 Å². The summed E-state index contributed by atoms with van der Waals surface area (Å²) < 4.78 is 12.3. The van der Waals surface area contributed by atoms with Gasteiger partial charge in [-0.15, -0.1) is 0 Å². The first-order chi connectivity index (χ1) is 10.9. The molecule has 2 aromatic rings. The topological polar surface area (TPSA) is 18.5 Å². The third kappa shape index (κ3) is 3.08. The second-order valence-corrected chi connectivity index (χ2v) is 6.84. The second kappa shape index (κ2) is 5.92. The lowest BCUT2D eigenvalue weighted by Gasteiger charge is -2.35. The molecular formula is C21H25O2. The van der Waals surface area contributed by atoms with Crippen molar-refractivity contribution in [3.8, 4) is 11.5 Å².